The zero-order valence-corrected chi connectivity index (χ0v) is 18.0. The van der Waals surface area contributed by atoms with Gasteiger partial charge in [0.1, 0.15) is 16.4 Å². The first-order valence-corrected chi connectivity index (χ1v) is 10.5. The second kappa shape index (κ2) is 9.04. The minimum Gasteiger partial charge on any atom is -0.327 e. The van der Waals surface area contributed by atoms with Crippen molar-refractivity contribution in [2.45, 2.75) is 31.0 Å². The molecule has 0 aliphatic carbocycles. The molecule has 0 radical (unpaired) electrons. The Morgan fingerprint density at radius 3 is 2.47 bits per heavy atom. The third kappa shape index (κ3) is 5.20. The fourth-order valence-corrected chi connectivity index (χ4v) is 4.30. The zero-order chi connectivity index (χ0) is 22.9. The molecular formula is C18H21ClF4N4O2S. The molecule has 0 spiro atoms. The molecule has 6 nitrogen and oxygen atoms in total. The first-order chi connectivity index (χ1) is 13.8. The summed E-state index contributed by atoms with van der Waals surface area (Å²) in [4.78, 5) is -0.157. The predicted molar refractivity (Wildman–Crippen MR) is 105 cm³/mol. The highest BCUT2D eigenvalue weighted by molar-refractivity contribution is 7.89. The maximum absolute atomic E-state index is 13.8. The van der Waals surface area contributed by atoms with E-state index < -0.39 is 34.3 Å². The maximum Gasteiger partial charge on any atom is 0.433 e. The van der Waals surface area contributed by atoms with Gasteiger partial charge in [-0.1, -0.05) is 17.7 Å². The first kappa shape index (κ1) is 24.3. The molecule has 0 aliphatic rings. The van der Waals surface area contributed by atoms with Crippen LogP contribution in [0.1, 0.15) is 22.5 Å². The van der Waals surface area contributed by atoms with Gasteiger partial charge in [0.15, 0.2) is 0 Å². The molecule has 0 atom stereocenters. The molecular weight excluding hydrogens is 448 g/mol. The quantitative estimate of drug-likeness (QED) is 0.630. The van der Waals surface area contributed by atoms with Crippen LogP contribution >= 0.6 is 11.6 Å². The number of aryl methyl sites for hydroxylation is 1. The summed E-state index contributed by atoms with van der Waals surface area (Å²) in [6, 6.07) is 3.92. The summed E-state index contributed by atoms with van der Waals surface area (Å²) in [5.41, 5.74) is 4.38. The van der Waals surface area contributed by atoms with Gasteiger partial charge in [-0.2, -0.15) is 18.3 Å². The average molecular weight is 469 g/mol. The van der Waals surface area contributed by atoms with Gasteiger partial charge in [-0.05, 0) is 30.7 Å². The minimum atomic E-state index is -4.78. The van der Waals surface area contributed by atoms with E-state index in [0.717, 1.165) is 10.4 Å². The molecule has 0 saturated heterocycles. The zero-order valence-electron chi connectivity index (χ0n) is 16.5. The van der Waals surface area contributed by atoms with Gasteiger partial charge in [0, 0.05) is 32.6 Å². The standard InChI is InChI=1S/C18H21ClF4N4O2S/c1-11-14(17(18(21,22)23)27(25-11)10-13(20)6-7-24)8-12-4-5-16(15(19)9-12)30(28,29)26(2)3/h4-6,9H,7-8,10,24H2,1-3H3/b13-6-. The molecule has 166 valence electrons. The molecule has 1 heterocycles. The number of benzene rings is 1. The van der Waals surface area contributed by atoms with E-state index in [0.29, 0.717) is 10.2 Å². The second-order valence-corrected chi connectivity index (χ2v) is 9.21. The Kier molecular flexibility index (Phi) is 7.33. The number of allylic oxidation sites excluding steroid dienone is 1. The number of hydrogen-bond donors (Lipinski definition) is 1. The number of aromatic nitrogens is 2. The predicted octanol–water partition coefficient (Wildman–Crippen LogP) is 3.52. The van der Waals surface area contributed by atoms with Gasteiger partial charge >= 0.3 is 6.18 Å². The van der Waals surface area contributed by atoms with Crippen molar-refractivity contribution in [3.63, 3.8) is 0 Å². The topological polar surface area (TPSA) is 81.2 Å². The van der Waals surface area contributed by atoms with Crippen LogP contribution in [0.3, 0.4) is 0 Å². The van der Waals surface area contributed by atoms with Gasteiger partial charge < -0.3 is 5.73 Å². The molecule has 2 aromatic rings. The smallest absolute Gasteiger partial charge is 0.327 e. The molecule has 1 aromatic heterocycles. The summed E-state index contributed by atoms with van der Waals surface area (Å²) >= 11 is 6.08. The fourth-order valence-electron chi connectivity index (χ4n) is 2.86. The lowest BCUT2D eigenvalue weighted by molar-refractivity contribution is -0.144. The molecule has 0 saturated carbocycles. The lowest BCUT2D eigenvalue weighted by Crippen LogP contribution is -2.22. The van der Waals surface area contributed by atoms with Crippen molar-refractivity contribution >= 4 is 21.6 Å². The Morgan fingerprint density at radius 2 is 1.97 bits per heavy atom. The summed E-state index contributed by atoms with van der Waals surface area (Å²) in [5, 5.41) is 3.72. The van der Waals surface area contributed by atoms with Gasteiger partial charge in [-0.15, -0.1) is 0 Å². The van der Waals surface area contributed by atoms with Gasteiger partial charge in [-0.25, -0.2) is 17.1 Å². The average Bonchev–Trinajstić information content (AvgIpc) is 2.89. The Morgan fingerprint density at radius 1 is 1.33 bits per heavy atom. The molecule has 2 N–H and O–H groups in total. The SMILES string of the molecule is Cc1nn(C/C(F)=C/CN)c(C(F)(F)F)c1Cc1ccc(S(=O)(=O)N(C)C)c(Cl)c1. The molecule has 2 rings (SSSR count). The summed E-state index contributed by atoms with van der Waals surface area (Å²) in [5.74, 6) is -0.835. The largest absolute Gasteiger partial charge is 0.433 e. The van der Waals surface area contributed by atoms with Crippen molar-refractivity contribution in [2.75, 3.05) is 20.6 Å². The molecule has 0 bridgehead atoms. The van der Waals surface area contributed by atoms with Gasteiger partial charge in [0.05, 0.1) is 17.3 Å². The van der Waals surface area contributed by atoms with Gasteiger partial charge in [0.2, 0.25) is 10.0 Å². The number of hydrogen-bond acceptors (Lipinski definition) is 4. The molecule has 0 unspecified atom stereocenters. The van der Waals surface area contributed by atoms with Crippen molar-refractivity contribution in [3.05, 3.63) is 57.6 Å². The molecule has 1 aromatic carbocycles. The van der Waals surface area contributed by atoms with Crippen molar-refractivity contribution < 1.29 is 26.0 Å². The van der Waals surface area contributed by atoms with E-state index in [1.54, 1.807) is 0 Å². The van der Waals surface area contributed by atoms with Crippen LogP contribution < -0.4 is 5.73 Å². The Balaban J connectivity index is 2.50. The first-order valence-electron chi connectivity index (χ1n) is 8.68. The summed E-state index contributed by atoms with van der Waals surface area (Å²) in [7, 11) is -1.13. The number of sulfonamides is 1. The number of halogens is 5. The van der Waals surface area contributed by atoms with Crippen molar-refractivity contribution in [3.8, 4) is 0 Å². The molecule has 0 aliphatic heterocycles. The summed E-state index contributed by atoms with van der Waals surface area (Å²) < 4.78 is 80.9. The monoisotopic (exact) mass is 468 g/mol. The maximum atomic E-state index is 13.8. The van der Waals surface area contributed by atoms with Crippen molar-refractivity contribution in [1.82, 2.24) is 14.1 Å². The van der Waals surface area contributed by atoms with Crippen LogP contribution in [0.2, 0.25) is 5.02 Å². The van der Waals surface area contributed by atoms with Crippen LogP contribution in [0.25, 0.3) is 0 Å². The molecule has 30 heavy (non-hydrogen) atoms. The van der Waals surface area contributed by atoms with Crippen LogP contribution in [-0.2, 0) is 29.2 Å². The number of alkyl halides is 3. The molecule has 0 fully saturated rings. The summed E-state index contributed by atoms with van der Waals surface area (Å²) in [6.45, 7) is 0.534. The number of nitrogens with zero attached hydrogens (tertiary/aromatic N) is 3. The van der Waals surface area contributed by atoms with E-state index in [9.17, 15) is 26.0 Å². The van der Waals surface area contributed by atoms with E-state index in [1.807, 2.05) is 0 Å². The van der Waals surface area contributed by atoms with Crippen LogP contribution in [-0.4, -0.2) is 43.1 Å². The third-order valence-corrected chi connectivity index (χ3v) is 6.59. The van der Waals surface area contributed by atoms with Crippen LogP contribution in [0.4, 0.5) is 17.6 Å². The van der Waals surface area contributed by atoms with Gasteiger partial charge in [0.25, 0.3) is 0 Å². The Bertz CT molecular complexity index is 1060. The van der Waals surface area contributed by atoms with E-state index >= 15 is 0 Å². The van der Waals surface area contributed by atoms with Crippen molar-refractivity contribution in [2.24, 2.45) is 5.73 Å². The lowest BCUT2D eigenvalue weighted by atomic mass is 10.0. The fraction of sp³-hybridized carbons (Fsp3) is 0.389. The van der Waals surface area contributed by atoms with E-state index in [1.165, 1.54) is 39.2 Å². The van der Waals surface area contributed by atoms with Crippen LogP contribution in [0.15, 0.2) is 35.0 Å². The second-order valence-electron chi connectivity index (χ2n) is 6.68. The van der Waals surface area contributed by atoms with Crippen molar-refractivity contribution in [1.29, 1.82) is 0 Å². The summed E-state index contributed by atoms with van der Waals surface area (Å²) in [6.07, 6.45) is -4.02. The Labute approximate surface area is 177 Å². The van der Waals surface area contributed by atoms with E-state index in [4.69, 9.17) is 17.3 Å². The van der Waals surface area contributed by atoms with Crippen LogP contribution in [0.5, 0.6) is 0 Å². The Hall–Kier alpha value is -1.95. The highest BCUT2D eigenvalue weighted by atomic mass is 35.5. The molecule has 12 heteroatoms. The highest BCUT2D eigenvalue weighted by Crippen LogP contribution is 2.36. The van der Waals surface area contributed by atoms with Crippen LogP contribution in [0, 0.1) is 6.92 Å². The lowest BCUT2D eigenvalue weighted by Gasteiger charge is -2.14. The number of nitrogens with two attached hydrogens (primary N) is 1. The molecule has 0 amide bonds. The van der Waals surface area contributed by atoms with Gasteiger partial charge in [-0.3, -0.25) is 4.68 Å². The third-order valence-electron chi connectivity index (χ3n) is 4.30. The normalized spacial score (nSPS) is 13.3. The minimum absolute atomic E-state index is 0.0731. The van der Waals surface area contributed by atoms with E-state index in [-0.39, 0.29) is 34.1 Å². The number of rotatable bonds is 7. The highest BCUT2D eigenvalue weighted by Gasteiger charge is 2.39. The van der Waals surface area contributed by atoms with E-state index in [2.05, 4.69) is 5.10 Å².